The quantitative estimate of drug-likeness (QED) is 0.539. The number of nitrogens with two attached hydrogens (primary N) is 1. The van der Waals surface area contributed by atoms with E-state index in [0.717, 1.165) is 10.9 Å². The van der Waals surface area contributed by atoms with Gasteiger partial charge in [-0.05, 0) is 24.3 Å². The maximum atomic E-state index is 5.80. The van der Waals surface area contributed by atoms with Crippen molar-refractivity contribution < 1.29 is 0 Å². The van der Waals surface area contributed by atoms with Crippen molar-refractivity contribution in [3.05, 3.63) is 34.4 Å². The number of hydrogen-bond acceptors (Lipinski definition) is 2. The number of anilines is 1. The smallest absolute Gasteiger partial charge is 0.148 e. The van der Waals surface area contributed by atoms with E-state index >= 15 is 0 Å². The number of benzene rings is 1. The molecule has 2 N–H and O–H groups in total. The molecule has 0 spiro atoms. The minimum atomic E-state index is 0.318. The molecule has 1 heterocycles. The second-order valence-corrected chi connectivity index (χ2v) is 3.48. The van der Waals surface area contributed by atoms with Gasteiger partial charge in [-0.2, -0.15) is 0 Å². The summed E-state index contributed by atoms with van der Waals surface area (Å²) in [7, 11) is 0. The number of nitrogen functional groups attached to an aromatic ring is 1. The first-order chi connectivity index (χ1) is 6.16. The van der Waals surface area contributed by atoms with Crippen LogP contribution in [0.4, 0.5) is 5.69 Å². The summed E-state index contributed by atoms with van der Waals surface area (Å²) in [6, 6.07) is 7.15. The van der Waals surface area contributed by atoms with Gasteiger partial charge in [0.1, 0.15) is 5.15 Å². The number of rotatable bonds is 0. The fraction of sp³-hybridized carbons (Fsp3) is 0. The standard InChI is InChI=1S/C9H6Cl2N2/c10-7-4-5-3-6(12)1-2-8(5)13-9(7)11/h1-4H,12H2. The predicted molar refractivity (Wildman–Crippen MR) is 56.2 cm³/mol. The lowest BCUT2D eigenvalue weighted by atomic mass is 10.2. The molecule has 66 valence electrons. The maximum absolute atomic E-state index is 5.80. The van der Waals surface area contributed by atoms with Crippen molar-refractivity contribution in [2.75, 3.05) is 5.73 Å². The highest BCUT2D eigenvalue weighted by molar-refractivity contribution is 6.41. The Kier molecular flexibility index (Phi) is 2.02. The molecular weight excluding hydrogens is 207 g/mol. The van der Waals surface area contributed by atoms with Gasteiger partial charge >= 0.3 is 0 Å². The fourth-order valence-electron chi connectivity index (χ4n) is 1.15. The molecule has 2 rings (SSSR count). The number of fused-ring (bicyclic) bond motifs is 1. The van der Waals surface area contributed by atoms with Crippen molar-refractivity contribution in [2.24, 2.45) is 0 Å². The van der Waals surface area contributed by atoms with Crippen LogP contribution in [-0.2, 0) is 0 Å². The zero-order valence-corrected chi connectivity index (χ0v) is 8.10. The molecule has 2 nitrogen and oxygen atoms in total. The van der Waals surface area contributed by atoms with Crippen LogP contribution in [0.5, 0.6) is 0 Å². The molecule has 0 fully saturated rings. The van der Waals surface area contributed by atoms with Crippen molar-refractivity contribution in [3.63, 3.8) is 0 Å². The second kappa shape index (κ2) is 3.05. The number of pyridine rings is 1. The molecule has 0 unspecified atom stereocenters. The van der Waals surface area contributed by atoms with E-state index in [2.05, 4.69) is 4.98 Å². The highest BCUT2D eigenvalue weighted by Crippen LogP contribution is 2.25. The third kappa shape index (κ3) is 1.55. The number of nitrogens with zero attached hydrogens (tertiary/aromatic N) is 1. The van der Waals surface area contributed by atoms with Crippen molar-refractivity contribution in [1.82, 2.24) is 4.98 Å². The van der Waals surface area contributed by atoms with E-state index in [-0.39, 0.29) is 0 Å². The van der Waals surface area contributed by atoms with Crippen LogP contribution in [0.15, 0.2) is 24.3 Å². The van der Waals surface area contributed by atoms with Gasteiger partial charge in [-0.1, -0.05) is 23.2 Å². The Hall–Kier alpha value is -0.990. The van der Waals surface area contributed by atoms with Crippen LogP contribution in [0.2, 0.25) is 10.2 Å². The Morgan fingerprint density at radius 3 is 2.69 bits per heavy atom. The number of halogens is 2. The third-order valence-corrected chi connectivity index (χ3v) is 2.42. The van der Waals surface area contributed by atoms with Gasteiger partial charge in [0, 0.05) is 11.1 Å². The SMILES string of the molecule is Nc1ccc2nc(Cl)c(Cl)cc2c1. The molecule has 0 saturated heterocycles. The van der Waals surface area contributed by atoms with Gasteiger partial charge in [0.15, 0.2) is 0 Å². The highest BCUT2D eigenvalue weighted by Gasteiger charge is 2.02. The summed E-state index contributed by atoms with van der Waals surface area (Å²) in [5.41, 5.74) is 7.09. The van der Waals surface area contributed by atoms with Crippen molar-refractivity contribution in [3.8, 4) is 0 Å². The average Bonchev–Trinajstić information content (AvgIpc) is 2.08. The molecule has 0 atom stereocenters. The minimum Gasteiger partial charge on any atom is -0.399 e. The Morgan fingerprint density at radius 1 is 1.15 bits per heavy atom. The molecule has 0 bridgehead atoms. The monoisotopic (exact) mass is 212 g/mol. The third-order valence-electron chi connectivity index (χ3n) is 1.75. The first-order valence-electron chi connectivity index (χ1n) is 3.68. The lowest BCUT2D eigenvalue weighted by molar-refractivity contribution is 1.41. The molecule has 0 aliphatic rings. The molecule has 2 aromatic rings. The summed E-state index contributed by atoms with van der Waals surface area (Å²) in [5.74, 6) is 0. The fourth-order valence-corrected chi connectivity index (χ4v) is 1.45. The van der Waals surface area contributed by atoms with E-state index in [1.165, 1.54) is 0 Å². The zero-order valence-electron chi connectivity index (χ0n) is 6.59. The van der Waals surface area contributed by atoms with E-state index in [9.17, 15) is 0 Å². The van der Waals surface area contributed by atoms with Gasteiger partial charge in [-0.25, -0.2) is 4.98 Å². The van der Waals surface area contributed by atoms with Crippen molar-refractivity contribution in [1.29, 1.82) is 0 Å². The summed E-state index contributed by atoms with van der Waals surface area (Å²) in [4.78, 5) is 4.09. The largest absolute Gasteiger partial charge is 0.399 e. The number of aromatic nitrogens is 1. The summed E-state index contributed by atoms with van der Waals surface area (Å²) >= 11 is 11.6. The van der Waals surface area contributed by atoms with Crippen LogP contribution in [0.1, 0.15) is 0 Å². The molecule has 0 radical (unpaired) electrons. The van der Waals surface area contributed by atoms with Crippen molar-refractivity contribution >= 4 is 39.8 Å². The Morgan fingerprint density at radius 2 is 1.92 bits per heavy atom. The first-order valence-corrected chi connectivity index (χ1v) is 4.44. The minimum absolute atomic E-state index is 0.318. The van der Waals surface area contributed by atoms with Gasteiger partial charge < -0.3 is 5.73 Å². The lowest BCUT2D eigenvalue weighted by Gasteiger charge is -2.00. The van der Waals surface area contributed by atoms with Crippen LogP contribution in [0.3, 0.4) is 0 Å². The van der Waals surface area contributed by atoms with Crippen LogP contribution in [0, 0.1) is 0 Å². The molecule has 0 saturated carbocycles. The summed E-state index contributed by atoms with van der Waals surface area (Å²) in [5, 5.41) is 1.66. The van der Waals surface area contributed by atoms with Crippen LogP contribution < -0.4 is 5.73 Å². The molecule has 4 heteroatoms. The summed E-state index contributed by atoms with van der Waals surface area (Å²) < 4.78 is 0. The molecular formula is C9H6Cl2N2. The van der Waals surface area contributed by atoms with Crippen LogP contribution in [0.25, 0.3) is 10.9 Å². The van der Waals surface area contributed by atoms with Gasteiger partial charge in [-0.15, -0.1) is 0 Å². The molecule has 0 aliphatic carbocycles. The van der Waals surface area contributed by atoms with E-state index in [0.29, 0.717) is 15.9 Å². The second-order valence-electron chi connectivity index (χ2n) is 2.71. The first kappa shape index (κ1) is 8.60. The van der Waals surface area contributed by atoms with E-state index in [4.69, 9.17) is 28.9 Å². The van der Waals surface area contributed by atoms with E-state index in [1.807, 2.05) is 12.1 Å². The molecule has 0 aliphatic heterocycles. The normalized spacial score (nSPS) is 10.6. The summed E-state index contributed by atoms with van der Waals surface area (Å²) in [6.07, 6.45) is 0. The molecule has 13 heavy (non-hydrogen) atoms. The Balaban J connectivity index is 2.81. The predicted octanol–water partition coefficient (Wildman–Crippen LogP) is 3.12. The van der Waals surface area contributed by atoms with Gasteiger partial charge in [-0.3, -0.25) is 0 Å². The lowest BCUT2D eigenvalue weighted by Crippen LogP contribution is -1.86. The highest BCUT2D eigenvalue weighted by atomic mass is 35.5. The van der Waals surface area contributed by atoms with Crippen molar-refractivity contribution in [2.45, 2.75) is 0 Å². The van der Waals surface area contributed by atoms with E-state index < -0.39 is 0 Å². The van der Waals surface area contributed by atoms with Crippen LogP contribution >= 0.6 is 23.2 Å². The maximum Gasteiger partial charge on any atom is 0.148 e. The molecule has 0 amide bonds. The topological polar surface area (TPSA) is 38.9 Å². The summed E-state index contributed by atoms with van der Waals surface area (Å²) in [6.45, 7) is 0. The Bertz CT molecular complexity index is 468. The molecule has 1 aromatic heterocycles. The van der Waals surface area contributed by atoms with Gasteiger partial charge in [0.2, 0.25) is 0 Å². The molecule has 1 aromatic carbocycles. The van der Waals surface area contributed by atoms with Crippen LogP contribution in [-0.4, -0.2) is 4.98 Å². The zero-order chi connectivity index (χ0) is 9.42. The van der Waals surface area contributed by atoms with Gasteiger partial charge in [0.25, 0.3) is 0 Å². The Labute approximate surface area is 85.3 Å². The van der Waals surface area contributed by atoms with Gasteiger partial charge in [0.05, 0.1) is 10.5 Å². The average molecular weight is 213 g/mol. The number of hydrogen-bond donors (Lipinski definition) is 1. The van der Waals surface area contributed by atoms with E-state index in [1.54, 1.807) is 12.1 Å².